The van der Waals surface area contributed by atoms with E-state index in [2.05, 4.69) is 15.9 Å². The van der Waals surface area contributed by atoms with Gasteiger partial charge in [0.2, 0.25) is 0 Å². The second kappa shape index (κ2) is 7.04. The second-order valence-electron chi connectivity index (χ2n) is 5.02. The zero-order chi connectivity index (χ0) is 17.1. The van der Waals surface area contributed by atoms with E-state index >= 15 is 0 Å². The summed E-state index contributed by atoms with van der Waals surface area (Å²) in [5, 5.41) is 10.6. The van der Waals surface area contributed by atoms with Crippen LogP contribution in [-0.4, -0.2) is 47.8 Å². The lowest BCUT2D eigenvalue weighted by molar-refractivity contribution is -0.129. The maximum absolute atomic E-state index is 12.3. The Kier molecular flexibility index (Phi) is 5.30. The lowest BCUT2D eigenvalue weighted by Gasteiger charge is -2.26. The summed E-state index contributed by atoms with van der Waals surface area (Å²) in [7, 11) is 3.04. The summed E-state index contributed by atoms with van der Waals surface area (Å²) in [6, 6.07) is 4.53. The van der Waals surface area contributed by atoms with Crippen LogP contribution in [0.2, 0.25) is 0 Å². The van der Waals surface area contributed by atoms with Crippen molar-refractivity contribution in [3.63, 3.8) is 0 Å². The Labute approximate surface area is 142 Å². The zero-order valence-electron chi connectivity index (χ0n) is 13.1. The molecule has 1 heterocycles. The summed E-state index contributed by atoms with van der Waals surface area (Å²) in [4.78, 5) is 25.7. The third-order valence-corrected chi connectivity index (χ3v) is 4.09. The SMILES string of the molecule is COc1ccc(C2C(C(C)=O)=C(O)C(=O)N2CCBr)cc1OC. The summed E-state index contributed by atoms with van der Waals surface area (Å²) in [5.41, 5.74) is 0.773. The number of ketones is 1. The Morgan fingerprint density at radius 1 is 1.30 bits per heavy atom. The average molecular weight is 384 g/mol. The van der Waals surface area contributed by atoms with Crippen molar-refractivity contribution in [1.82, 2.24) is 4.90 Å². The Bertz CT molecular complexity index is 670. The van der Waals surface area contributed by atoms with Crippen LogP contribution >= 0.6 is 15.9 Å². The van der Waals surface area contributed by atoms with Gasteiger partial charge in [0.25, 0.3) is 5.91 Å². The van der Waals surface area contributed by atoms with Gasteiger partial charge in [0.15, 0.2) is 23.0 Å². The predicted octanol–water partition coefficient (Wildman–Crippen LogP) is 2.38. The van der Waals surface area contributed by atoms with Gasteiger partial charge in [-0.1, -0.05) is 22.0 Å². The molecule has 1 aromatic carbocycles. The first-order valence-electron chi connectivity index (χ1n) is 6.99. The molecule has 124 valence electrons. The van der Waals surface area contributed by atoms with Gasteiger partial charge in [-0.3, -0.25) is 9.59 Å². The molecular weight excluding hydrogens is 366 g/mol. The van der Waals surface area contributed by atoms with Crippen molar-refractivity contribution >= 4 is 27.6 Å². The number of carbonyl (C=O) groups excluding carboxylic acids is 2. The van der Waals surface area contributed by atoms with Crippen molar-refractivity contribution in [1.29, 1.82) is 0 Å². The van der Waals surface area contributed by atoms with E-state index in [1.807, 2.05) is 0 Å². The van der Waals surface area contributed by atoms with Gasteiger partial charge < -0.3 is 19.5 Å². The summed E-state index contributed by atoms with van der Waals surface area (Å²) in [5.74, 6) is -0.337. The van der Waals surface area contributed by atoms with Crippen LogP contribution in [0.25, 0.3) is 0 Å². The molecule has 6 nitrogen and oxygen atoms in total. The molecule has 0 fully saturated rings. The van der Waals surface area contributed by atoms with Gasteiger partial charge in [0, 0.05) is 11.9 Å². The molecular formula is C16H18BrNO5. The first kappa shape index (κ1) is 17.3. The third-order valence-electron chi connectivity index (χ3n) is 3.73. The number of methoxy groups -OCH3 is 2. The molecule has 1 aromatic rings. The van der Waals surface area contributed by atoms with Gasteiger partial charge >= 0.3 is 0 Å². The Balaban J connectivity index is 2.56. The van der Waals surface area contributed by atoms with E-state index in [-0.39, 0.29) is 11.4 Å². The highest BCUT2D eigenvalue weighted by Gasteiger charge is 2.42. The number of aliphatic hydroxyl groups is 1. The third kappa shape index (κ3) is 3.06. The molecule has 1 N–H and O–H groups in total. The van der Waals surface area contributed by atoms with Gasteiger partial charge in [0.05, 0.1) is 25.8 Å². The van der Waals surface area contributed by atoms with E-state index in [1.165, 1.54) is 26.0 Å². The number of alkyl halides is 1. The summed E-state index contributed by atoms with van der Waals surface area (Å²) < 4.78 is 10.5. The molecule has 1 aliphatic rings. The maximum atomic E-state index is 12.3. The fourth-order valence-corrected chi connectivity index (χ4v) is 3.09. The lowest BCUT2D eigenvalue weighted by atomic mass is 9.96. The molecule has 1 unspecified atom stereocenters. The van der Waals surface area contributed by atoms with Crippen LogP contribution in [0.1, 0.15) is 18.5 Å². The maximum Gasteiger partial charge on any atom is 0.290 e. The van der Waals surface area contributed by atoms with Crippen molar-refractivity contribution in [2.75, 3.05) is 26.1 Å². The van der Waals surface area contributed by atoms with E-state index in [4.69, 9.17) is 9.47 Å². The minimum absolute atomic E-state index is 0.100. The zero-order valence-corrected chi connectivity index (χ0v) is 14.7. The molecule has 7 heteroatoms. The minimum Gasteiger partial charge on any atom is -0.503 e. The molecule has 0 saturated carbocycles. The van der Waals surface area contributed by atoms with Crippen LogP contribution in [0.5, 0.6) is 11.5 Å². The number of ether oxygens (including phenoxy) is 2. The number of aliphatic hydroxyl groups excluding tert-OH is 1. The Hall–Kier alpha value is -2.02. The fourth-order valence-electron chi connectivity index (χ4n) is 2.70. The number of hydrogen-bond acceptors (Lipinski definition) is 5. The normalized spacial score (nSPS) is 17.7. The standard InChI is InChI=1S/C16H18BrNO5/c1-9(19)13-14(18(7-6-17)16(21)15(13)20)10-4-5-11(22-2)12(8-10)23-3/h4-5,8,14,20H,6-7H2,1-3H3. The highest BCUT2D eigenvalue weighted by Crippen LogP contribution is 2.40. The first-order chi connectivity index (χ1) is 11.0. The van der Waals surface area contributed by atoms with E-state index in [0.717, 1.165) is 0 Å². The molecule has 0 bridgehead atoms. The van der Waals surface area contributed by atoms with Gasteiger partial charge in [-0.2, -0.15) is 0 Å². The van der Waals surface area contributed by atoms with E-state index in [9.17, 15) is 14.7 Å². The highest BCUT2D eigenvalue weighted by atomic mass is 79.9. The van der Waals surface area contributed by atoms with E-state index in [0.29, 0.717) is 28.9 Å². The number of amides is 1. The van der Waals surface area contributed by atoms with E-state index < -0.39 is 17.7 Å². The molecule has 23 heavy (non-hydrogen) atoms. The quantitative estimate of drug-likeness (QED) is 0.763. The molecule has 0 spiro atoms. The first-order valence-corrected chi connectivity index (χ1v) is 8.11. The molecule has 2 rings (SSSR count). The smallest absolute Gasteiger partial charge is 0.290 e. The number of Topliss-reactive ketones (excluding diaryl/α,β-unsaturated/α-hetero) is 1. The lowest BCUT2D eigenvalue weighted by Crippen LogP contribution is -2.32. The monoisotopic (exact) mass is 383 g/mol. The van der Waals surface area contributed by atoms with Gasteiger partial charge in [-0.15, -0.1) is 0 Å². The number of benzene rings is 1. The predicted molar refractivity (Wildman–Crippen MR) is 88.1 cm³/mol. The molecule has 1 atom stereocenters. The molecule has 0 saturated heterocycles. The van der Waals surface area contributed by atoms with Crippen LogP contribution < -0.4 is 9.47 Å². The average Bonchev–Trinajstić information content (AvgIpc) is 2.79. The van der Waals surface area contributed by atoms with Gasteiger partial charge in [-0.05, 0) is 24.6 Å². The van der Waals surface area contributed by atoms with Crippen molar-refractivity contribution in [3.05, 3.63) is 35.1 Å². The molecule has 1 aliphatic heterocycles. The molecule has 1 amide bonds. The van der Waals surface area contributed by atoms with E-state index in [1.54, 1.807) is 18.2 Å². The summed E-state index contributed by atoms with van der Waals surface area (Å²) in [6.45, 7) is 1.70. The van der Waals surface area contributed by atoms with Crippen molar-refractivity contribution < 1.29 is 24.2 Å². The number of rotatable bonds is 6. The van der Waals surface area contributed by atoms with Crippen LogP contribution in [0.3, 0.4) is 0 Å². The molecule has 0 aromatic heterocycles. The van der Waals surface area contributed by atoms with Crippen LogP contribution in [0.4, 0.5) is 0 Å². The van der Waals surface area contributed by atoms with Gasteiger partial charge in [-0.25, -0.2) is 0 Å². The number of halogens is 1. The molecule has 0 aliphatic carbocycles. The number of nitrogens with zero attached hydrogens (tertiary/aromatic N) is 1. The topological polar surface area (TPSA) is 76.1 Å². The summed E-state index contributed by atoms with van der Waals surface area (Å²) in [6.07, 6.45) is 0. The van der Waals surface area contributed by atoms with Gasteiger partial charge in [0.1, 0.15) is 0 Å². The Morgan fingerprint density at radius 3 is 2.48 bits per heavy atom. The van der Waals surface area contributed by atoms with Crippen molar-refractivity contribution in [2.24, 2.45) is 0 Å². The summed E-state index contributed by atoms with van der Waals surface area (Å²) >= 11 is 3.29. The second-order valence-corrected chi connectivity index (χ2v) is 5.82. The largest absolute Gasteiger partial charge is 0.503 e. The van der Waals surface area contributed by atoms with Crippen LogP contribution in [0.15, 0.2) is 29.5 Å². The minimum atomic E-state index is -0.641. The highest BCUT2D eigenvalue weighted by molar-refractivity contribution is 9.09. The van der Waals surface area contributed by atoms with Crippen LogP contribution in [-0.2, 0) is 9.59 Å². The Morgan fingerprint density at radius 2 is 1.96 bits per heavy atom. The van der Waals surface area contributed by atoms with Crippen molar-refractivity contribution in [2.45, 2.75) is 13.0 Å². The molecule has 0 radical (unpaired) electrons. The van der Waals surface area contributed by atoms with Crippen molar-refractivity contribution in [3.8, 4) is 11.5 Å². The number of carbonyl (C=O) groups is 2. The fraction of sp³-hybridized carbons (Fsp3) is 0.375. The van der Waals surface area contributed by atoms with Crippen LogP contribution in [0, 0.1) is 0 Å². The number of hydrogen-bond donors (Lipinski definition) is 1.